The lowest BCUT2D eigenvalue weighted by molar-refractivity contribution is -0.137. The molecule has 1 saturated heterocycles. The summed E-state index contributed by atoms with van der Waals surface area (Å²) in [5, 5.41) is 8.92. The van der Waals surface area contributed by atoms with Crippen LogP contribution in [0.2, 0.25) is 0 Å². The SMILES string of the molecule is CC(C)(C)OC(=O)N1CCN(c2ccc3c(c2)CN(C(CCC(=O)O)C(N)=O)C3=O)CC1. The van der Waals surface area contributed by atoms with E-state index in [9.17, 15) is 19.2 Å². The molecule has 174 valence electrons. The van der Waals surface area contributed by atoms with E-state index in [4.69, 9.17) is 15.6 Å². The highest BCUT2D eigenvalue weighted by Gasteiger charge is 2.36. The molecule has 10 nitrogen and oxygen atoms in total. The largest absolute Gasteiger partial charge is 0.481 e. The van der Waals surface area contributed by atoms with E-state index in [1.165, 1.54) is 4.90 Å². The molecule has 0 bridgehead atoms. The molecule has 1 aromatic rings. The summed E-state index contributed by atoms with van der Waals surface area (Å²) < 4.78 is 5.43. The maximum absolute atomic E-state index is 12.8. The second-order valence-corrected chi connectivity index (χ2v) is 9.08. The molecule has 0 radical (unpaired) electrons. The van der Waals surface area contributed by atoms with E-state index in [0.29, 0.717) is 31.7 Å². The second-order valence-electron chi connectivity index (χ2n) is 9.08. The molecular formula is C22H30N4O6. The number of carboxylic acid groups (broad SMARTS) is 1. The molecule has 2 aliphatic heterocycles. The number of hydrogen-bond donors (Lipinski definition) is 2. The number of carbonyl (C=O) groups excluding carboxylic acids is 3. The number of nitrogens with zero attached hydrogens (tertiary/aromatic N) is 3. The van der Waals surface area contributed by atoms with Crippen molar-refractivity contribution < 1.29 is 29.0 Å². The van der Waals surface area contributed by atoms with Crippen molar-refractivity contribution in [3.8, 4) is 0 Å². The van der Waals surface area contributed by atoms with Crippen molar-refractivity contribution in [1.82, 2.24) is 9.80 Å². The first-order valence-electron chi connectivity index (χ1n) is 10.6. The molecule has 0 saturated carbocycles. The molecule has 2 heterocycles. The summed E-state index contributed by atoms with van der Waals surface area (Å²) in [4.78, 5) is 53.0. The van der Waals surface area contributed by atoms with Crippen LogP contribution >= 0.6 is 0 Å². The molecular weight excluding hydrogens is 416 g/mol. The van der Waals surface area contributed by atoms with Gasteiger partial charge in [0.1, 0.15) is 11.6 Å². The van der Waals surface area contributed by atoms with Crippen molar-refractivity contribution in [1.29, 1.82) is 0 Å². The Morgan fingerprint density at radius 3 is 2.38 bits per heavy atom. The zero-order chi connectivity index (χ0) is 23.6. The van der Waals surface area contributed by atoms with Crippen LogP contribution in [0.3, 0.4) is 0 Å². The van der Waals surface area contributed by atoms with Crippen LogP contribution in [0, 0.1) is 0 Å². The van der Waals surface area contributed by atoms with Gasteiger partial charge >= 0.3 is 12.1 Å². The molecule has 0 aliphatic carbocycles. The average Bonchev–Trinajstić information content (AvgIpc) is 3.02. The van der Waals surface area contributed by atoms with E-state index in [-0.39, 0.29) is 31.4 Å². The van der Waals surface area contributed by atoms with Crippen molar-refractivity contribution in [3.05, 3.63) is 29.3 Å². The summed E-state index contributed by atoms with van der Waals surface area (Å²) in [6, 6.07) is 4.51. The second kappa shape index (κ2) is 9.05. The van der Waals surface area contributed by atoms with Crippen molar-refractivity contribution in [3.63, 3.8) is 0 Å². The Morgan fingerprint density at radius 2 is 1.81 bits per heavy atom. The molecule has 3 amide bonds. The van der Waals surface area contributed by atoms with E-state index in [0.717, 1.165) is 11.3 Å². The summed E-state index contributed by atoms with van der Waals surface area (Å²) in [6.07, 6.45) is -0.601. The van der Waals surface area contributed by atoms with E-state index in [2.05, 4.69) is 4.90 Å². The molecule has 2 aliphatic rings. The first-order valence-corrected chi connectivity index (χ1v) is 10.6. The Morgan fingerprint density at radius 1 is 1.16 bits per heavy atom. The van der Waals surface area contributed by atoms with E-state index in [1.807, 2.05) is 32.9 Å². The van der Waals surface area contributed by atoms with Crippen LogP contribution in [0.25, 0.3) is 0 Å². The number of aliphatic carboxylic acids is 1. The van der Waals surface area contributed by atoms with Crippen LogP contribution in [0.15, 0.2) is 18.2 Å². The van der Waals surface area contributed by atoms with Crippen molar-refractivity contribution in [2.45, 2.75) is 51.8 Å². The van der Waals surface area contributed by atoms with Crippen LogP contribution in [-0.2, 0) is 20.9 Å². The predicted molar refractivity (Wildman–Crippen MR) is 116 cm³/mol. The summed E-state index contributed by atoms with van der Waals surface area (Å²) in [7, 11) is 0. The van der Waals surface area contributed by atoms with Gasteiger partial charge in [-0.1, -0.05) is 0 Å². The number of fused-ring (bicyclic) bond motifs is 1. The van der Waals surface area contributed by atoms with Crippen LogP contribution in [0.5, 0.6) is 0 Å². The van der Waals surface area contributed by atoms with Crippen LogP contribution in [-0.4, -0.2) is 76.6 Å². The number of ether oxygens (including phenoxy) is 1. The molecule has 1 atom stereocenters. The van der Waals surface area contributed by atoms with Gasteiger partial charge in [0.2, 0.25) is 5.91 Å². The predicted octanol–water partition coefficient (Wildman–Crippen LogP) is 1.42. The number of benzene rings is 1. The normalized spacial score (nSPS) is 17.2. The number of rotatable bonds is 6. The standard InChI is InChI=1S/C22H30N4O6/c1-22(2,3)32-21(31)25-10-8-24(9-11-25)15-4-5-16-14(12-15)13-26(20(16)30)17(19(23)29)6-7-18(27)28/h4-5,12,17H,6-11,13H2,1-3H3,(H2,23,29)(H,27,28). The highest BCUT2D eigenvalue weighted by atomic mass is 16.6. The molecule has 3 rings (SSSR count). The van der Waals surface area contributed by atoms with Gasteiger partial charge in [0.25, 0.3) is 5.91 Å². The Balaban J connectivity index is 1.66. The Kier molecular flexibility index (Phi) is 6.61. The molecule has 1 unspecified atom stereocenters. The number of carboxylic acids is 1. The molecule has 32 heavy (non-hydrogen) atoms. The van der Waals surface area contributed by atoms with Crippen molar-refractivity contribution in [2.24, 2.45) is 5.73 Å². The highest BCUT2D eigenvalue weighted by Crippen LogP contribution is 2.30. The number of anilines is 1. The summed E-state index contributed by atoms with van der Waals surface area (Å²) >= 11 is 0. The maximum atomic E-state index is 12.8. The zero-order valence-electron chi connectivity index (χ0n) is 18.7. The smallest absolute Gasteiger partial charge is 0.410 e. The van der Waals surface area contributed by atoms with Gasteiger partial charge < -0.3 is 30.3 Å². The minimum atomic E-state index is -1.05. The molecule has 1 aromatic carbocycles. The van der Waals surface area contributed by atoms with Crippen LogP contribution in [0.4, 0.5) is 10.5 Å². The van der Waals surface area contributed by atoms with Crippen LogP contribution < -0.4 is 10.6 Å². The minimum absolute atomic E-state index is 0.0239. The van der Waals surface area contributed by atoms with Gasteiger partial charge in [-0.25, -0.2) is 4.79 Å². The molecule has 0 spiro atoms. The summed E-state index contributed by atoms with van der Waals surface area (Å²) in [5.41, 5.74) is 7.08. The van der Waals surface area contributed by atoms with Gasteiger partial charge in [-0.15, -0.1) is 0 Å². The van der Waals surface area contributed by atoms with Gasteiger partial charge in [0, 0.05) is 50.4 Å². The molecule has 1 fully saturated rings. The molecule has 0 aromatic heterocycles. The Labute approximate surface area is 186 Å². The number of piperazine rings is 1. The number of carbonyl (C=O) groups is 4. The van der Waals surface area contributed by atoms with E-state index < -0.39 is 23.5 Å². The fraction of sp³-hybridized carbons (Fsp3) is 0.545. The van der Waals surface area contributed by atoms with E-state index >= 15 is 0 Å². The monoisotopic (exact) mass is 446 g/mol. The third-order valence-electron chi connectivity index (χ3n) is 5.55. The lowest BCUT2D eigenvalue weighted by Gasteiger charge is -2.36. The Bertz CT molecular complexity index is 917. The summed E-state index contributed by atoms with van der Waals surface area (Å²) in [6.45, 7) is 8.00. The third kappa shape index (κ3) is 5.30. The lowest BCUT2D eigenvalue weighted by atomic mass is 10.1. The summed E-state index contributed by atoms with van der Waals surface area (Å²) in [5.74, 6) is -2.09. The lowest BCUT2D eigenvalue weighted by Crippen LogP contribution is -2.50. The number of amides is 3. The maximum Gasteiger partial charge on any atom is 0.410 e. The fourth-order valence-electron chi connectivity index (χ4n) is 3.96. The zero-order valence-corrected chi connectivity index (χ0v) is 18.7. The number of nitrogens with two attached hydrogens (primary N) is 1. The molecule has 10 heteroatoms. The Hall–Kier alpha value is -3.30. The van der Waals surface area contributed by atoms with Gasteiger partial charge in [0.05, 0.1) is 0 Å². The first-order chi connectivity index (χ1) is 15.0. The van der Waals surface area contributed by atoms with Crippen molar-refractivity contribution in [2.75, 3.05) is 31.1 Å². The van der Waals surface area contributed by atoms with Gasteiger partial charge in [-0.2, -0.15) is 0 Å². The topological polar surface area (TPSA) is 133 Å². The van der Waals surface area contributed by atoms with Gasteiger partial charge in [0.15, 0.2) is 0 Å². The number of hydrogen-bond acceptors (Lipinski definition) is 6. The molecule has 3 N–H and O–H groups in total. The van der Waals surface area contributed by atoms with E-state index in [1.54, 1.807) is 11.0 Å². The van der Waals surface area contributed by atoms with Crippen LogP contribution in [0.1, 0.15) is 49.5 Å². The number of primary amides is 1. The average molecular weight is 447 g/mol. The first kappa shape index (κ1) is 23.4. The van der Waals surface area contributed by atoms with Crippen molar-refractivity contribution >= 4 is 29.6 Å². The van der Waals surface area contributed by atoms with Gasteiger partial charge in [-0.3, -0.25) is 14.4 Å². The van der Waals surface area contributed by atoms with Gasteiger partial charge in [-0.05, 0) is 51.0 Å². The quantitative estimate of drug-likeness (QED) is 0.675. The highest BCUT2D eigenvalue weighted by molar-refractivity contribution is 6.01. The minimum Gasteiger partial charge on any atom is -0.481 e. The third-order valence-corrected chi connectivity index (χ3v) is 5.55. The fourth-order valence-corrected chi connectivity index (χ4v) is 3.96.